The lowest BCUT2D eigenvalue weighted by Crippen LogP contribution is -1.99. The zero-order valence-corrected chi connectivity index (χ0v) is 11.6. The second kappa shape index (κ2) is 4.12. The van der Waals surface area contributed by atoms with Gasteiger partial charge in [-0.1, -0.05) is 0 Å². The molecule has 0 aliphatic carbocycles. The highest BCUT2D eigenvalue weighted by Crippen LogP contribution is 2.39. The molecule has 0 saturated heterocycles. The summed E-state index contributed by atoms with van der Waals surface area (Å²) in [5.74, 6) is 6.89. The van der Waals surface area contributed by atoms with E-state index in [2.05, 4.69) is 15.9 Å². The first-order valence-corrected chi connectivity index (χ1v) is 6.33. The van der Waals surface area contributed by atoms with Gasteiger partial charge in [0.05, 0.1) is 11.1 Å². The Kier molecular flexibility index (Phi) is 2.69. The maximum absolute atomic E-state index is 5.74. The molecule has 0 atom stereocenters. The highest BCUT2D eigenvalue weighted by Gasteiger charge is 2.19. The van der Waals surface area contributed by atoms with Crippen LogP contribution in [0, 0.1) is 13.8 Å². The van der Waals surface area contributed by atoms with Crippen LogP contribution in [0.4, 0.5) is 0 Å². The lowest BCUT2D eigenvalue weighted by Gasteiger charge is -2.04. The number of hydrogen-bond acceptors (Lipinski definition) is 4. The molecule has 0 aliphatic heterocycles. The molecule has 2 N–H and O–H groups in total. The average Bonchev–Trinajstić information content (AvgIpc) is 2.88. The molecule has 2 aromatic heterocycles. The molecule has 0 unspecified atom stereocenters. The van der Waals surface area contributed by atoms with Crippen molar-refractivity contribution in [3.05, 3.63) is 33.7 Å². The van der Waals surface area contributed by atoms with Gasteiger partial charge in [-0.3, -0.25) is 4.84 Å². The Balaban J connectivity index is 2.51. The molecule has 0 bridgehead atoms. The molecular formula is C13H12BrNO3. The van der Waals surface area contributed by atoms with Crippen molar-refractivity contribution >= 4 is 37.9 Å². The van der Waals surface area contributed by atoms with E-state index in [1.165, 1.54) is 0 Å². The topological polar surface area (TPSA) is 61.5 Å². The van der Waals surface area contributed by atoms with Gasteiger partial charge in [0.15, 0.2) is 0 Å². The van der Waals surface area contributed by atoms with Crippen molar-refractivity contribution in [3.63, 3.8) is 0 Å². The van der Waals surface area contributed by atoms with Crippen molar-refractivity contribution in [2.75, 3.05) is 0 Å². The Labute approximate surface area is 112 Å². The Morgan fingerprint density at radius 2 is 1.72 bits per heavy atom. The molecule has 94 valence electrons. The van der Waals surface area contributed by atoms with Crippen LogP contribution in [0.3, 0.4) is 0 Å². The van der Waals surface area contributed by atoms with Crippen LogP contribution >= 0.6 is 15.9 Å². The summed E-state index contributed by atoms with van der Waals surface area (Å²) in [5.41, 5.74) is 2.50. The van der Waals surface area contributed by atoms with Gasteiger partial charge in [-0.15, -0.1) is 0 Å². The number of halogens is 1. The van der Waals surface area contributed by atoms with E-state index >= 15 is 0 Å². The third-order valence-electron chi connectivity index (χ3n) is 2.97. The van der Waals surface area contributed by atoms with Gasteiger partial charge < -0.3 is 8.83 Å². The molecule has 0 radical (unpaired) electrons. The summed E-state index contributed by atoms with van der Waals surface area (Å²) in [6, 6.07) is 3.93. The van der Waals surface area contributed by atoms with Crippen molar-refractivity contribution < 1.29 is 13.7 Å². The van der Waals surface area contributed by atoms with E-state index in [9.17, 15) is 0 Å². The summed E-state index contributed by atoms with van der Waals surface area (Å²) in [7, 11) is 0. The normalized spacial score (nSPS) is 11.8. The van der Waals surface area contributed by atoms with E-state index in [1.54, 1.807) is 0 Å². The summed E-state index contributed by atoms with van der Waals surface area (Å²) < 4.78 is 12.4. The molecular weight excluding hydrogens is 298 g/mol. The lowest BCUT2D eigenvalue weighted by atomic mass is 10.1. The Hall–Kier alpha value is -1.30. The van der Waals surface area contributed by atoms with Gasteiger partial charge in [-0.2, -0.15) is 0 Å². The average molecular weight is 310 g/mol. The van der Waals surface area contributed by atoms with Gasteiger partial charge in [0.1, 0.15) is 22.7 Å². The third kappa shape index (κ3) is 1.59. The zero-order valence-electron chi connectivity index (χ0n) is 10.0. The standard InChI is InChI=1S/C13H12BrNO3/c1-6-3-8-10(5-16-15)12-9(4-7(2)17-12)11(14)13(8)18-6/h3-4H,5,15H2,1-2H3. The van der Waals surface area contributed by atoms with Gasteiger partial charge in [0.2, 0.25) is 0 Å². The number of fused-ring (bicyclic) bond motifs is 2. The minimum atomic E-state index is 0.284. The molecule has 1 aromatic carbocycles. The van der Waals surface area contributed by atoms with Crippen molar-refractivity contribution in [1.82, 2.24) is 0 Å². The maximum atomic E-state index is 5.74. The number of nitrogens with two attached hydrogens (primary N) is 1. The predicted molar refractivity (Wildman–Crippen MR) is 72.1 cm³/mol. The summed E-state index contributed by atoms with van der Waals surface area (Å²) in [6.07, 6.45) is 0. The van der Waals surface area contributed by atoms with Crippen LogP contribution in [0.2, 0.25) is 0 Å². The fourth-order valence-corrected chi connectivity index (χ4v) is 2.86. The van der Waals surface area contributed by atoms with E-state index in [0.29, 0.717) is 0 Å². The molecule has 3 aromatic rings. The highest BCUT2D eigenvalue weighted by atomic mass is 79.9. The van der Waals surface area contributed by atoms with E-state index < -0.39 is 0 Å². The SMILES string of the molecule is Cc1cc2c(CON)c3oc(C)cc3c(Br)c2o1. The van der Waals surface area contributed by atoms with Crippen LogP contribution in [0.1, 0.15) is 17.1 Å². The highest BCUT2D eigenvalue weighted by molar-refractivity contribution is 9.10. The van der Waals surface area contributed by atoms with Gasteiger partial charge in [-0.25, -0.2) is 5.90 Å². The minimum Gasteiger partial charge on any atom is -0.461 e. The van der Waals surface area contributed by atoms with Crippen LogP contribution in [-0.4, -0.2) is 0 Å². The molecule has 0 aliphatic rings. The first-order chi connectivity index (χ1) is 8.61. The summed E-state index contributed by atoms with van der Waals surface area (Å²) >= 11 is 3.57. The van der Waals surface area contributed by atoms with Crippen molar-refractivity contribution in [3.8, 4) is 0 Å². The predicted octanol–water partition coefficient (Wildman–Crippen LogP) is 3.95. The van der Waals surface area contributed by atoms with E-state index in [0.717, 1.165) is 43.5 Å². The molecule has 0 spiro atoms. The van der Waals surface area contributed by atoms with Crippen LogP contribution < -0.4 is 5.90 Å². The monoisotopic (exact) mass is 309 g/mol. The van der Waals surface area contributed by atoms with Gasteiger partial charge in [-0.05, 0) is 41.9 Å². The zero-order chi connectivity index (χ0) is 12.9. The quantitative estimate of drug-likeness (QED) is 0.728. The molecule has 18 heavy (non-hydrogen) atoms. The molecule has 4 nitrogen and oxygen atoms in total. The molecule has 0 saturated carbocycles. The van der Waals surface area contributed by atoms with Crippen molar-refractivity contribution in [2.45, 2.75) is 20.5 Å². The van der Waals surface area contributed by atoms with E-state index in [-0.39, 0.29) is 6.61 Å². The number of benzene rings is 1. The number of aryl methyl sites for hydroxylation is 2. The van der Waals surface area contributed by atoms with Gasteiger partial charge in [0.25, 0.3) is 0 Å². The molecule has 2 heterocycles. The summed E-state index contributed by atoms with van der Waals surface area (Å²) in [6.45, 7) is 4.10. The van der Waals surface area contributed by atoms with E-state index in [1.807, 2.05) is 26.0 Å². The van der Waals surface area contributed by atoms with Crippen LogP contribution in [-0.2, 0) is 11.4 Å². The number of rotatable bonds is 2. The van der Waals surface area contributed by atoms with Gasteiger partial charge in [0, 0.05) is 16.3 Å². The van der Waals surface area contributed by atoms with Crippen LogP contribution in [0.15, 0.2) is 25.4 Å². The smallest absolute Gasteiger partial charge is 0.149 e. The minimum absolute atomic E-state index is 0.284. The fourth-order valence-electron chi connectivity index (χ4n) is 2.27. The number of furan rings is 2. The van der Waals surface area contributed by atoms with E-state index in [4.69, 9.17) is 19.6 Å². The second-order valence-electron chi connectivity index (χ2n) is 4.30. The molecule has 3 rings (SSSR count). The van der Waals surface area contributed by atoms with Crippen molar-refractivity contribution in [2.24, 2.45) is 5.90 Å². The maximum Gasteiger partial charge on any atom is 0.149 e. The number of hydrogen-bond donors (Lipinski definition) is 1. The Morgan fingerprint density at radius 3 is 2.39 bits per heavy atom. The Morgan fingerprint density at radius 1 is 1.11 bits per heavy atom. The molecule has 0 fully saturated rings. The summed E-state index contributed by atoms with van der Waals surface area (Å²) in [4.78, 5) is 4.79. The van der Waals surface area contributed by atoms with Gasteiger partial charge >= 0.3 is 0 Å². The lowest BCUT2D eigenvalue weighted by molar-refractivity contribution is 0.125. The second-order valence-corrected chi connectivity index (χ2v) is 5.10. The first-order valence-electron chi connectivity index (χ1n) is 5.54. The van der Waals surface area contributed by atoms with Crippen molar-refractivity contribution in [1.29, 1.82) is 0 Å². The third-order valence-corrected chi connectivity index (χ3v) is 3.76. The molecule has 5 heteroatoms. The van der Waals surface area contributed by atoms with Crippen LogP contribution in [0.5, 0.6) is 0 Å². The largest absolute Gasteiger partial charge is 0.461 e. The first kappa shape index (κ1) is 11.8. The molecule has 0 amide bonds. The van der Waals surface area contributed by atoms with Crippen LogP contribution in [0.25, 0.3) is 21.9 Å². The summed E-state index contributed by atoms with van der Waals surface area (Å²) in [5, 5.41) is 1.94. The Bertz CT molecular complexity index is 684. The fraction of sp³-hybridized carbons (Fsp3) is 0.231.